The van der Waals surface area contributed by atoms with E-state index >= 15 is 0 Å². The van der Waals surface area contributed by atoms with Crippen LogP contribution in [-0.4, -0.2) is 20.4 Å². The fraction of sp³-hybridized carbons (Fsp3) is 0.105. The molecule has 134 valence electrons. The van der Waals surface area contributed by atoms with Crippen LogP contribution in [0.2, 0.25) is 0 Å². The van der Waals surface area contributed by atoms with Crippen molar-refractivity contribution >= 4 is 27.2 Å². The van der Waals surface area contributed by atoms with E-state index in [2.05, 4.69) is 9.71 Å². The summed E-state index contributed by atoms with van der Waals surface area (Å²) in [6.07, 6.45) is 1.45. The normalized spacial score (nSPS) is 11.2. The molecule has 0 saturated heterocycles. The number of hydrogen-bond acceptors (Lipinski definition) is 4. The summed E-state index contributed by atoms with van der Waals surface area (Å²) < 4.78 is 40.7. The second-order valence-corrected chi connectivity index (χ2v) is 7.47. The monoisotopic (exact) mass is 371 g/mol. The van der Waals surface area contributed by atoms with Crippen LogP contribution in [0.15, 0.2) is 71.8 Å². The molecule has 0 atom stereocenters. The van der Waals surface area contributed by atoms with E-state index < -0.39 is 15.8 Å². The van der Waals surface area contributed by atoms with E-state index in [-0.39, 0.29) is 4.90 Å². The molecular weight excluding hydrogens is 353 g/mol. The number of nitrogens with zero attached hydrogens (tertiary/aromatic N) is 2. The molecule has 0 aliphatic heterocycles. The van der Waals surface area contributed by atoms with Gasteiger partial charge in [0.1, 0.15) is 11.6 Å². The molecule has 0 saturated carbocycles. The van der Waals surface area contributed by atoms with Crippen molar-refractivity contribution in [2.24, 2.45) is 0 Å². The van der Waals surface area contributed by atoms with Crippen molar-refractivity contribution in [2.75, 3.05) is 16.7 Å². The predicted octanol–water partition coefficient (Wildman–Crippen LogP) is 4.10. The van der Waals surface area contributed by atoms with Crippen molar-refractivity contribution in [2.45, 2.75) is 11.8 Å². The van der Waals surface area contributed by atoms with Crippen LogP contribution in [0.5, 0.6) is 0 Å². The fourth-order valence-electron chi connectivity index (χ4n) is 2.55. The van der Waals surface area contributed by atoms with Crippen LogP contribution in [0.4, 0.5) is 21.6 Å². The topological polar surface area (TPSA) is 62.3 Å². The van der Waals surface area contributed by atoms with Crippen molar-refractivity contribution in [1.29, 1.82) is 0 Å². The molecule has 0 aliphatic carbocycles. The quantitative estimate of drug-likeness (QED) is 0.734. The highest BCUT2D eigenvalue weighted by atomic mass is 32.2. The van der Waals surface area contributed by atoms with Crippen molar-refractivity contribution in [1.82, 2.24) is 4.98 Å². The van der Waals surface area contributed by atoms with Gasteiger partial charge in [0.2, 0.25) is 0 Å². The third-order valence-electron chi connectivity index (χ3n) is 3.91. The summed E-state index contributed by atoms with van der Waals surface area (Å²) in [4.78, 5) is 6.23. The minimum absolute atomic E-state index is 0.0318. The lowest BCUT2D eigenvalue weighted by atomic mass is 10.2. The zero-order valence-electron chi connectivity index (χ0n) is 14.3. The number of hydrogen-bond donors (Lipinski definition) is 1. The molecule has 1 heterocycles. The Hall–Kier alpha value is -2.93. The van der Waals surface area contributed by atoms with E-state index in [1.165, 1.54) is 18.3 Å². The first-order valence-corrected chi connectivity index (χ1v) is 9.39. The molecule has 0 fully saturated rings. The average Bonchev–Trinajstić information content (AvgIpc) is 2.62. The first-order chi connectivity index (χ1) is 12.4. The zero-order valence-corrected chi connectivity index (χ0v) is 15.2. The third-order valence-corrected chi connectivity index (χ3v) is 5.46. The zero-order chi connectivity index (χ0) is 18.7. The van der Waals surface area contributed by atoms with Gasteiger partial charge in [-0.1, -0.05) is 18.2 Å². The number of rotatable bonds is 5. The number of aromatic nitrogens is 1. The molecule has 0 amide bonds. The number of nitrogens with one attached hydrogen (secondary N) is 1. The summed E-state index contributed by atoms with van der Waals surface area (Å²) in [7, 11) is -1.94. The van der Waals surface area contributed by atoms with Gasteiger partial charge in [-0.25, -0.2) is 17.8 Å². The smallest absolute Gasteiger partial charge is 0.262 e. The van der Waals surface area contributed by atoms with Crippen LogP contribution in [0.1, 0.15) is 5.56 Å². The van der Waals surface area contributed by atoms with Gasteiger partial charge in [0.25, 0.3) is 10.0 Å². The van der Waals surface area contributed by atoms with Gasteiger partial charge in [0, 0.05) is 12.7 Å². The van der Waals surface area contributed by atoms with Gasteiger partial charge in [-0.3, -0.25) is 4.72 Å². The Morgan fingerprint density at radius 2 is 1.77 bits per heavy atom. The maximum absolute atomic E-state index is 13.2. The van der Waals surface area contributed by atoms with Crippen molar-refractivity contribution in [3.05, 3.63) is 78.2 Å². The second kappa shape index (κ2) is 7.13. The molecule has 0 unspecified atom stereocenters. The summed E-state index contributed by atoms with van der Waals surface area (Å²) in [5.74, 6) is 0.202. The first kappa shape index (κ1) is 17.9. The number of aryl methyl sites for hydroxylation is 1. The largest absolute Gasteiger partial charge is 0.329 e. The molecule has 2 aromatic carbocycles. The number of pyridine rings is 1. The molecule has 0 spiro atoms. The Bertz CT molecular complexity index is 1010. The number of para-hydroxylation sites is 1. The van der Waals surface area contributed by atoms with E-state index in [0.29, 0.717) is 17.1 Å². The van der Waals surface area contributed by atoms with Gasteiger partial charge in [-0.15, -0.1) is 0 Å². The van der Waals surface area contributed by atoms with Gasteiger partial charge in [0.15, 0.2) is 0 Å². The van der Waals surface area contributed by atoms with Crippen LogP contribution >= 0.6 is 0 Å². The van der Waals surface area contributed by atoms with E-state index in [4.69, 9.17) is 0 Å². The summed E-state index contributed by atoms with van der Waals surface area (Å²) in [5.41, 5.74) is 1.64. The lowest BCUT2D eigenvalue weighted by Gasteiger charge is -2.18. The SMILES string of the molecule is Cc1cc(F)ccc1S(=O)(=O)Nc1ccc(N(C)c2ccccc2)nc1. The summed E-state index contributed by atoms with van der Waals surface area (Å²) in [5, 5.41) is 0. The molecule has 0 aliphatic rings. The molecule has 0 bridgehead atoms. The molecule has 5 nitrogen and oxygen atoms in total. The Kier molecular flexibility index (Phi) is 4.90. The molecule has 3 rings (SSSR count). The third kappa shape index (κ3) is 3.83. The predicted molar refractivity (Wildman–Crippen MR) is 101 cm³/mol. The highest BCUT2D eigenvalue weighted by Crippen LogP contribution is 2.24. The van der Waals surface area contributed by atoms with Crippen molar-refractivity contribution in [3.63, 3.8) is 0 Å². The average molecular weight is 371 g/mol. The van der Waals surface area contributed by atoms with Gasteiger partial charge in [-0.05, 0) is 55.0 Å². The van der Waals surface area contributed by atoms with Crippen LogP contribution in [0.3, 0.4) is 0 Å². The highest BCUT2D eigenvalue weighted by Gasteiger charge is 2.17. The molecule has 1 N–H and O–H groups in total. The van der Waals surface area contributed by atoms with Gasteiger partial charge in [-0.2, -0.15) is 0 Å². The van der Waals surface area contributed by atoms with Gasteiger partial charge in [0.05, 0.1) is 16.8 Å². The molecule has 26 heavy (non-hydrogen) atoms. The fourth-order valence-corrected chi connectivity index (χ4v) is 3.82. The number of anilines is 3. The number of benzene rings is 2. The molecule has 7 heteroatoms. The van der Waals surface area contributed by atoms with E-state index in [1.807, 2.05) is 42.3 Å². The van der Waals surface area contributed by atoms with Gasteiger partial charge < -0.3 is 4.90 Å². The van der Waals surface area contributed by atoms with Crippen LogP contribution in [0.25, 0.3) is 0 Å². The van der Waals surface area contributed by atoms with Gasteiger partial charge >= 0.3 is 0 Å². The first-order valence-electron chi connectivity index (χ1n) is 7.90. The Balaban J connectivity index is 1.81. The molecule has 3 aromatic rings. The lowest BCUT2D eigenvalue weighted by Crippen LogP contribution is -2.15. The minimum atomic E-state index is -3.82. The molecular formula is C19H18FN3O2S. The number of sulfonamides is 1. The van der Waals surface area contributed by atoms with Crippen molar-refractivity contribution in [3.8, 4) is 0 Å². The minimum Gasteiger partial charge on any atom is -0.329 e. The Labute approximate surface area is 152 Å². The standard InChI is InChI=1S/C19H18FN3O2S/c1-14-12-15(20)8-10-18(14)26(24,25)22-16-9-11-19(21-13-16)23(2)17-6-4-3-5-7-17/h3-13,22H,1-2H3. The number of halogens is 1. The van der Waals surface area contributed by atoms with Crippen LogP contribution in [-0.2, 0) is 10.0 Å². The summed E-state index contributed by atoms with van der Waals surface area (Å²) >= 11 is 0. The maximum Gasteiger partial charge on any atom is 0.262 e. The Morgan fingerprint density at radius 1 is 1.04 bits per heavy atom. The van der Waals surface area contributed by atoms with E-state index in [1.54, 1.807) is 19.1 Å². The van der Waals surface area contributed by atoms with E-state index in [9.17, 15) is 12.8 Å². The van der Waals surface area contributed by atoms with Crippen LogP contribution < -0.4 is 9.62 Å². The Morgan fingerprint density at radius 3 is 2.38 bits per heavy atom. The summed E-state index contributed by atoms with van der Waals surface area (Å²) in [6.45, 7) is 1.55. The lowest BCUT2D eigenvalue weighted by molar-refractivity contribution is 0.598. The van der Waals surface area contributed by atoms with Crippen LogP contribution in [0, 0.1) is 12.7 Å². The van der Waals surface area contributed by atoms with Crippen molar-refractivity contribution < 1.29 is 12.8 Å². The second-order valence-electron chi connectivity index (χ2n) is 5.81. The molecule has 1 aromatic heterocycles. The maximum atomic E-state index is 13.2. The van der Waals surface area contributed by atoms with E-state index in [0.717, 1.165) is 11.8 Å². The molecule has 0 radical (unpaired) electrons. The summed E-state index contributed by atoms with van der Waals surface area (Å²) in [6, 6.07) is 16.6. The highest BCUT2D eigenvalue weighted by molar-refractivity contribution is 7.92.